The van der Waals surface area contributed by atoms with Crippen LogP contribution in [0.15, 0.2) is 66.9 Å². The van der Waals surface area contributed by atoms with E-state index in [9.17, 15) is 31.5 Å². The van der Waals surface area contributed by atoms with Crippen LogP contribution < -0.4 is 10.1 Å². The molecule has 0 fully saturated rings. The van der Waals surface area contributed by atoms with E-state index in [-0.39, 0.29) is 24.4 Å². The fraction of sp³-hybridized carbons (Fsp3) is 0.267. The smallest absolute Gasteiger partial charge is 0.481 e. The second-order valence-electron chi connectivity index (χ2n) is 9.57. The SMILES string of the molecule is CCCC(c1ccc(C(=O)NCCC(=O)O)cc1)C(c1ccc(OC(F)(F)F)cc1)c1c[nH]c2c(F)cc(F)cc12. The molecule has 0 radical (unpaired) electrons. The summed E-state index contributed by atoms with van der Waals surface area (Å²) < 4.78 is 71.2. The average Bonchev–Trinajstić information content (AvgIpc) is 3.32. The summed E-state index contributed by atoms with van der Waals surface area (Å²) in [4.78, 5) is 26.0. The minimum atomic E-state index is -4.86. The van der Waals surface area contributed by atoms with Gasteiger partial charge in [0.25, 0.3) is 5.91 Å². The van der Waals surface area contributed by atoms with Crippen molar-refractivity contribution in [3.8, 4) is 5.75 Å². The largest absolute Gasteiger partial charge is 0.573 e. The van der Waals surface area contributed by atoms with Crippen LogP contribution in [-0.4, -0.2) is 34.9 Å². The standard InChI is InChI=1S/C30H27F5N2O4/c1-2-3-22(17-4-6-19(7-5-17)29(40)36-13-12-26(38)39)27(18-8-10-21(11-9-18)41-30(33,34)35)24-16-37-28-23(24)14-20(31)15-25(28)32/h4-11,14-16,22,27,37H,2-3,12-13H2,1H3,(H,36,40)(H,38,39). The Morgan fingerprint density at radius 3 is 2.27 bits per heavy atom. The van der Waals surface area contributed by atoms with Gasteiger partial charge in [0.2, 0.25) is 0 Å². The molecule has 1 aromatic heterocycles. The topological polar surface area (TPSA) is 91.4 Å². The van der Waals surface area contributed by atoms with Crippen LogP contribution in [0.2, 0.25) is 0 Å². The number of hydrogen-bond acceptors (Lipinski definition) is 3. The Kier molecular flexibility index (Phi) is 8.95. The number of H-pyrrole nitrogens is 1. The van der Waals surface area contributed by atoms with Gasteiger partial charge < -0.3 is 20.1 Å². The molecule has 2 atom stereocenters. The number of halogens is 5. The third kappa shape index (κ3) is 7.22. The molecule has 216 valence electrons. The van der Waals surface area contributed by atoms with Gasteiger partial charge in [0.05, 0.1) is 11.9 Å². The van der Waals surface area contributed by atoms with Crippen molar-refractivity contribution in [1.29, 1.82) is 0 Å². The van der Waals surface area contributed by atoms with E-state index in [2.05, 4.69) is 15.0 Å². The van der Waals surface area contributed by atoms with Crippen LogP contribution in [0.3, 0.4) is 0 Å². The van der Waals surface area contributed by atoms with Gasteiger partial charge in [0.15, 0.2) is 0 Å². The Hall–Kier alpha value is -4.41. The van der Waals surface area contributed by atoms with Gasteiger partial charge in [-0.15, -0.1) is 13.2 Å². The molecule has 0 aliphatic rings. The lowest BCUT2D eigenvalue weighted by molar-refractivity contribution is -0.274. The van der Waals surface area contributed by atoms with Crippen molar-refractivity contribution in [2.24, 2.45) is 0 Å². The second-order valence-corrected chi connectivity index (χ2v) is 9.57. The average molecular weight is 575 g/mol. The highest BCUT2D eigenvalue weighted by Gasteiger charge is 2.32. The van der Waals surface area contributed by atoms with E-state index in [4.69, 9.17) is 5.11 Å². The number of alkyl halides is 3. The highest BCUT2D eigenvalue weighted by molar-refractivity contribution is 5.94. The fourth-order valence-electron chi connectivity index (χ4n) is 5.04. The zero-order valence-electron chi connectivity index (χ0n) is 21.9. The third-order valence-corrected chi connectivity index (χ3v) is 6.77. The molecule has 11 heteroatoms. The molecular weight excluding hydrogens is 547 g/mol. The number of carboxylic acid groups (broad SMARTS) is 1. The number of hydrogen-bond donors (Lipinski definition) is 3. The van der Waals surface area contributed by atoms with E-state index < -0.39 is 41.5 Å². The van der Waals surface area contributed by atoms with Crippen LogP contribution in [0.25, 0.3) is 10.9 Å². The number of carbonyl (C=O) groups excluding carboxylic acids is 1. The molecule has 1 amide bonds. The lowest BCUT2D eigenvalue weighted by atomic mass is 9.75. The highest BCUT2D eigenvalue weighted by atomic mass is 19.4. The summed E-state index contributed by atoms with van der Waals surface area (Å²) in [7, 11) is 0. The summed E-state index contributed by atoms with van der Waals surface area (Å²) in [6, 6.07) is 14.0. The van der Waals surface area contributed by atoms with E-state index in [1.165, 1.54) is 30.3 Å². The van der Waals surface area contributed by atoms with Crippen molar-refractivity contribution >= 4 is 22.8 Å². The minimum absolute atomic E-state index is 0.0296. The third-order valence-electron chi connectivity index (χ3n) is 6.77. The van der Waals surface area contributed by atoms with Crippen molar-refractivity contribution in [3.05, 3.63) is 101 Å². The number of carboxylic acids is 1. The van der Waals surface area contributed by atoms with Crippen molar-refractivity contribution in [3.63, 3.8) is 0 Å². The number of aliphatic carboxylic acids is 1. The highest BCUT2D eigenvalue weighted by Crippen LogP contribution is 2.44. The first-order valence-electron chi connectivity index (χ1n) is 12.9. The number of aromatic nitrogens is 1. The van der Waals surface area contributed by atoms with Gasteiger partial charge in [-0.25, -0.2) is 8.78 Å². The van der Waals surface area contributed by atoms with Crippen LogP contribution >= 0.6 is 0 Å². The molecule has 4 aromatic rings. The summed E-state index contributed by atoms with van der Waals surface area (Å²) in [5, 5.41) is 11.6. The number of benzene rings is 3. The van der Waals surface area contributed by atoms with Crippen LogP contribution in [0.1, 0.15) is 65.1 Å². The molecule has 0 aliphatic carbocycles. The van der Waals surface area contributed by atoms with Gasteiger partial charge in [-0.2, -0.15) is 0 Å². The van der Waals surface area contributed by atoms with Gasteiger partial charge >= 0.3 is 12.3 Å². The molecule has 0 aliphatic heterocycles. The van der Waals surface area contributed by atoms with Gasteiger partial charge in [0, 0.05) is 35.7 Å². The van der Waals surface area contributed by atoms with E-state index in [1.54, 1.807) is 30.5 Å². The molecule has 0 spiro atoms. The molecule has 1 heterocycles. The maximum absolute atomic E-state index is 14.6. The lowest BCUT2D eigenvalue weighted by Gasteiger charge is -2.28. The Morgan fingerprint density at radius 1 is 1.00 bits per heavy atom. The number of carbonyl (C=O) groups is 2. The van der Waals surface area contributed by atoms with Crippen molar-refractivity contribution in [1.82, 2.24) is 10.3 Å². The summed E-state index contributed by atoms with van der Waals surface area (Å²) in [5.74, 6) is -4.27. The molecular formula is C30H27F5N2O4. The van der Waals surface area contributed by atoms with E-state index in [0.717, 1.165) is 11.6 Å². The summed E-state index contributed by atoms with van der Waals surface area (Å²) in [6.45, 7) is 1.93. The molecule has 2 unspecified atom stereocenters. The first kappa shape index (κ1) is 29.6. The van der Waals surface area contributed by atoms with Gasteiger partial charge in [-0.05, 0) is 59.4 Å². The monoisotopic (exact) mass is 574 g/mol. The lowest BCUT2D eigenvalue weighted by Crippen LogP contribution is -2.26. The first-order chi connectivity index (χ1) is 19.5. The molecule has 6 nitrogen and oxygen atoms in total. The molecule has 3 N–H and O–H groups in total. The fourth-order valence-corrected chi connectivity index (χ4v) is 5.04. The van der Waals surface area contributed by atoms with Gasteiger partial charge in [0.1, 0.15) is 17.4 Å². The van der Waals surface area contributed by atoms with E-state index >= 15 is 0 Å². The van der Waals surface area contributed by atoms with Crippen molar-refractivity contribution in [2.45, 2.75) is 44.4 Å². The predicted molar refractivity (Wildman–Crippen MR) is 142 cm³/mol. The summed E-state index contributed by atoms with van der Waals surface area (Å²) in [6.07, 6.45) is -2.20. The normalized spacial score (nSPS) is 13.1. The quantitative estimate of drug-likeness (QED) is 0.164. The molecule has 3 aromatic carbocycles. The number of rotatable bonds is 11. The van der Waals surface area contributed by atoms with Crippen molar-refractivity contribution in [2.75, 3.05) is 6.54 Å². The Labute approximate surface area is 232 Å². The molecule has 0 bridgehead atoms. The van der Waals surface area contributed by atoms with E-state index in [1.807, 2.05) is 6.92 Å². The second kappa shape index (κ2) is 12.4. The number of nitrogens with one attached hydrogen (secondary N) is 2. The van der Waals surface area contributed by atoms with E-state index in [0.29, 0.717) is 34.9 Å². The summed E-state index contributed by atoms with van der Waals surface area (Å²) in [5.41, 5.74) is 2.36. The summed E-state index contributed by atoms with van der Waals surface area (Å²) >= 11 is 0. The first-order valence-corrected chi connectivity index (χ1v) is 12.9. The van der Waals surface area contributed by atoms with Crippen LogP contribution in [0.4, 0.5) is 22.0 Å². The van der Waals surface area contributed by atoms with Crippen LogP contribution in [0, 0.1) is 11.6 Å². The van der Waals surface area contributed by atoms with Crippen LogP contribution in [0.5, 0.6) is 5.75 Å². The van der Waals surface area contributed by atoms with Gasteiger partial charge in [-0.1, -0.05) is 37.6 Å². The number of ether oxygens (including phenoxy) is 1. The molecule has 0 saturated heterocycles. The zero-order chi connectivity index (χ0) is 29.7. The number of amides is 1. The van der Waals surface area contributed by atoms with Crippen LogP contribution in [-0.2, 0) is 4.79 Å². The Balaban J connectivity index is 1.76. The predicted octanol–water partition coefficient (Wildman–Crippen LogP) is 7.27. The number of fused-ring (bicyclic) bond motifs is 1. The Bertz CT molecular complexity index is 1520. The minimum Gasteiger partial charge on any atom is -0.481 e. The Morgan fingerprint density at radius 2 is 1.66 bits per heavy atom. The molecule has 4 rings (SSSR count). The maximum Gasteiger partial charge on any atom is 0.573 e. The van der Waals surface area contributed by atoms with Gasteiger partial charge in [-0.3, -0.25) is 9.59 Å². The zero-order valence-corrected chi connectivity index (χ0v) is 21.9. The number of aromatic amines is 1. The van der Waals surface area contributed by atoms with Crippen molar-refractivity contribution < 1.29 is 41.4 Å². The molecule has 41 heavy (non-hydrogen) atoms. The molecule has 0 saturated carbocycles. The maximum atomic E-state index is 14.6.